The molecule has 1 saturated carbocycles. The molecule has 4 nitrogen and oxygen atoms in total. The first-order valence-electron chi connectivity index (χ1n) is 8.90. The summed E-state index contributed by atoms with van der Waals surface area (Å²) in [7, 11) is 4.36. The van der Waals surface area contributed by atoms with Gasteiger partial charge in [-0.05, 0) is 57.3 Å². The Morgan fingerprint density at radius 2 is 1.91 bits per heavy atom. The zero-order valence-corrected chi connectivity index (χ0v) is 14.2. The molecule has 1 aromatic rings. The average molecular weight is 313 g/mol. The van der Waals surface area contributed by atoms with Crippen molar-refractivity contribution in [1.29, 1.82) is 0 Å². The molecule has 1 atom stereocenters. The van der Waals surface area contributed by atoms with Crippen molar-refractivity contribution in [2.75, 3.05) is 27.2 Å². The van der Waals surface area contributed by atoms with E-state index in [1.807, 2.05) is 4.90 Å². The van der Waals surface area contributed by atoms with Crippen molar-refractivity contribution >= 4 is 6.03 Å². The van der Waals surface area contributed by atoms with Crippen molar-refractivity contribution in [3.05, 3.63) is 35.4 Å². The largest absolute Gasteiger partial charge is 0.335 e. The minimum absolute atomic E-state index is 0.151. The summed E-state index contributed by atoms with van der Waals surface area (Å²) in [4.78, 5) is 16.6. The maximum Gasteiger partial charge on any atom is 0.317 e. The number of carbonyl (C=O) groups excluding carboxylic acids is 1. The molecule has 1 unspecified atom stereocenters. The molecule has 4 heteroatoms. The lowest BCUT2D eigenvalue weighted by atomic mass is 9.73. The summed E-state index contributed by atoms with van der Waals surface area (Å²) in [6, 6.07) is 10.1. The number of hydrogen-bond acceptors (Lipinski definition) is 2. The van der Waals surface area contributed by atoms with Gasteiger partial charge in [-0.15, -0.1) is 0 Å². The third kappa shape index (κ3) is 2.63. The van der Waals surface area contributed by atoms with Crippen LogP contribution in [0.25, 0.3) is 0 Å². The SMILES string of the molecule is CN(C)C1CC2(CCN(C(=O)NC3CC3)CC2)c2ccccc21. The summed E-state index contributed by atoms with van der Waals surface area (Å²) in [6.07, 6.45) is 5.68. The van der Waals surface area contributed by atoms with Crippen LogP contribution in [0.4, 0.5) is 4.79 Å². The smallest absolute Gasteiger partial charge is 0.317 e. The summed E-state index contributed by atoms with van der Waals surface area (Å²) in [5.74, 6) is 0. The normalized spacial score (nSPS) is 25.7. The Balaban J connectivity index is 1.51. The first-order valence-corrected chi connectivity index (χ1v) is 8.90. The van der Waals surface area contributed by atoms with Crippen molar-refractivity contribution in [3.63, 3.8) is 0 Å². The fraction of sp³-hybridized carbons (Fsp3) is 0.632. The van der Waals surface area contributed by atoms with Crippen LogP contribution in [-0.4, -0.2) is 49.1 Å². The Morgan fingerprint density at radius 1 is 1.22 bits per heavy atom. The van der Waals surface area contributed by atoms with Crippen LogP contribution in [0, 0.1) is 0 Å². The minimum atomic E-state index is 0.151. The zero-order valence-electron chi connectivity index (χ0n) is 14.2. The zero-order chi connectivity index (χ0) is 16.0. The number of urea groups is 1. The molecular formula is C19H27N3O. The fourth-order valence-electron chi connectivity index (χ4n) is 4.43. The van der Waals surface area contributed by atoms with Gasteiger partial charge in [0.2, 0.25) is 0 Å². The van der Waals surface area contributed by atoms with E-state index in [-0.39, 0.29) is 11.4 Å². The molecule has 0 radical (unpaired) electrons. The molecule has 23 heavy (non-hydrogen) atoms. The number of fused-ring (bicyclic) bond motifs is 2. The molecule has 1 N–H and O–H groups in total. The molecule has 2 amide bonds. The second-order valence-corrected chi connectivity index (χ2v) is 7.76. The molecule has 1 spiro atoms. The molecule has 1 heterocycles. The van der Waals surface area contributed by atoms with Crippen LogP contribution in [0.2, 0.25) is 0 Å². The number of piperidine rings is 1. The van der Waals surface area contributed by atoms with E-state index in [1.54, 1.807) is 0 Å². The van der Waals surface area contributed by atoms with Crippen LogP contribution >= 0.6 is 0 Å². The maximum atomic E-state index is 12.3. The Kier molecular flexibility index (Phi) is 3.60. The predicted octanol–water partition coefficient (Wildman–Crippen LogP) is 2.90. The number of hydrogen-bond donors (Lipinski definition) is 1. The molecule has 1 aliphatic heterocycles. The molecule has 124 valence electrons. The van der Waals surface area contributed by atoms with Gasteiger partial charge in [0.25, 0.3) is 0 Å². The van der Waals surface area contributed by atoms with Crippen LogP contribution in [0.1, 0.15) is 49.3 Å². The molecule has 2 aliphatic carbocycles. The fourth-order valence-corrected chi connectivity index (χ4v) is 4.43. The number of amides is 2. The van der Waals surface area contributed by atoms with Crippen LogP contribution in [-0.2, 0) is 5.41 Å². The highest BCUT2D eigenvalue weighted by atomic mass is 16.2. The standard InChI is InChI=1S/C19H27N3O/c1-21(2)17-13-19(16-6-4-3-5-15(16)17)9-11-22(12-10-19)18(23)20-14-7-8-14/h3-6,14,17H,7-13H2,1-2H3,(H,20,23). The van der Waals surface area contributed by atoms with Gasteiger partial charge in [0, 0.05) is 30.6 Å². The van der Waals surface area contributed by atoms with E-state index in [9.17, 15) is 4.79 Å². The topological polar surface area (TPSA) is 35.6 Å². The third-order valence-electron chi connectivity index (χ3n) is 6.01. The van der Waals surface area contributed by atoms with Crippen molar-refractivity contribution in [2.24, 2.45) is 0 Å². The lowest BCUT2D eigenvalue weighted by Crippen LogP contribution is -2.48. The lowest BCUT2D eigenvalue weighted by Gasteiger charge is -2.40. The molecule has 0 bridgehead atoms. The van der Waals surface area contributed by atoms with E-state index in [0.29, 0.717) is 12.1 Å². The molecule has 4 rings (SSSR count). The molecule has 0 aromatic heterocycles. The monoisotopic (exact) mass is 313 g/mol. The predicted molar refractivity (Wildman–Crippen MR) is 91.5 cm³/mol. The van der Waals surface area contributed by atoms with E-state index in [1.165, 1.54) is 17.5 Å². The summed E-state index contributed by atoms with van der Waals surface area (Å²) in [5, 5.41) is 3.13. The van der Waals surface area contributed by atoms with E-state index in [4.69, 9.17) is 0 Å². The van der Waals surface area contributed by atoms with Gasteiger partial charge < -0.3 is 15.1 Å². The Morgan fingerprint density at radius 3 is 2.57 bits per heavy atom. The maximum absolute atomic E-state index is 12.3. The Labute approximate surface area is 138 Å². The van der Waals surface area contributed by atoms with Gasteiger partial charge in [-0.2, -0.15) is 0 Å². The number of rotatable bonds is 2. The summed E-state index contributed by atoms with van der Waals surface area (Å²) in [6.45, 7) is 1.76. The van der Waals surface area contributed by atoms with Gasteiger partial charge in [-0.1, -0.05) is 24.3 Å². The number of likely N-dealkylation sites (tertiary alicyclic amines) is 1. The summed E-state index contributed by atoms with van der Waals surface area (Å²) in [5.41, 5.74) is 3.29. The Hall–Kier alpha value is -1.55. The summed E-state index contributed by atoms with van der Waals surface area (Å²) < 4.78 is 0. The first kappa shape index (κ1) is 15.0. The highest BCUT2D eigenvalue weighted by Gasteiger charge is 2.46. The molecule has 3 aliphatic rings. The molecule has 2 fully saturated rings. The highest BCUT2D eigenvalue weighted by molar-refractivity contribution is 5.75. The van der Waals surface area contributed by atoms with Crippen LogP contribution in [0.5, 0.6) is 0 Å². The molecule has 1 saturated heterocycles. The number of carbonyl (C=O) groups is 1. The van der Waals surface area contributed by atoms with E-state index >= 15 is 0 Å². The van der Waals surface area contributed by atoms with Crippen molar-refractivity contribution in [2.45, 2.75) is 49.6 Å². The number of benzene rings is 1. The van der Waals surface area contributed by atoms with Crippen molar-refractivity contribution in [3.8, 4) is 0 Å². The number of nitrogens with one attached hydrogen (secondary N) is 1. The second kappa shape index (κ2) is 5.52. The lowest BCUT2D eigenvalue weighted by molar-refractivity contribution is 0.145. The van der Waals surface area contributed by atoms with Gasteiger partial charge in [-0.3, -0.25) is 0 Å². The van der Waals surface area contributed by atoms with Crippen molar-refractivity contribution in [1.82, 2.24) is 15.1 Å². The van der Waals surface area contributed by atoms with Gasteiger partial charge in [0.05, 0.1) is 0 Å². The molecule has 1 aromatic carbocycles. The van der Waals surface area contributed by atoms with Crippen LogP contribution in [0.3, 0.4) is 0 Å². The van der Waals surface area contributed by atoms with Gasteiger partial charge in [0.15, 0.2) is 0 Å². The van der Waals surface area contributed by atoms with Crippen LogP contribution in [0.15, 0.2) is 24.3 Å². The van der Waals surface area contributed by atoms with Gasteiger partial charge in [-0.25, -0.2) is 4.79 Å². The van der Waals surface area contributed by atoms with E-state index in [2.05, 4.69) is 48.6 Å². The first-order chi connectivity index (χ1) is 11.1. The quantitative estimate of drug-likeness (QED) is 0.911. The summed E-state index contributed by atoms with van der Waals surface area (Å²) >= 11 is 0. The Bertz CT molecular complexity index is 600. The number of nitrogens with zero attached hydrogens (tertiary/aromatic N) is 2. The van der Waals surface area contributed by atoms with Crippen LogP contribution < -0.4 is 5.32 Å². The highest BCUT2D eigenvalue weighted by Crippen LogP contribution is 2.52. The average Bonchev–Trinajstić information content (AvgIpc) is 3.31. The molecular weight excluding hydrogens is 286 g/mol. The van der Waals surface area contributed by atoms with E-state index in [0.717, 1.165) is 38.8 Å². The van der Waals surface area contributed by atoms with E-state index < -0.39 is 0 Å². The minimum Gasteiger partial charge on any atom is -0.335 e. The van der Waals surface area contributed by atoms with Crippen molar-refractivity contribution < 1.29 is 4.79 Å². The third-order valence-corrected chi connectivity index (χ3v) is 6.01. The van der Waals surface area contributed by atoms with Gasteiger partial charge >= 0.3 is 6.03 Å². The second-order valence-electron chi connectivity index (χ2n) is 7.76. The van der Waals surface area contributed by atoms with Gasteiger partial charge in [0.1, 0.15) is 0 Å².